The van der Waals surface area contributed by atoms with E-state index in [0.29, 0.717) is 0 Å². The van der Waals surface area contributed by atoms with Crippen LogP contribution < -0.4 is 0 Å². The van der Waals surface area contributed by atoms with Crippen LogP contribution in [0.4, 0.5) is 0 Å². The van der Waals surface area contributed by atoms with Gasteiger partial charge in [-0.05, 0) is 107 Å². The van der Waals surface area contributed by atoms with Gasteiger partial charge in [0.15, 0.2) is 0 Å². The molecule has 7 aliphatic heterocycles. The van der Waals surface area contributed by atoms with E-state index < -0.39 is 0 Å². The van der Waals surface area contributed by atoms with Crippen molar-refractivity contribution in [3.63, 3.8) is 0 Å². The van der Waals surface area contributed by atoms with Gasteiger partial charge in [0.1, 0.15) is 0 Å². The highest BCUT2D eigenvalue weighted by atomic mass is 32.3. The van der Waals surface area contributed by atoms with Gasteiger partial charge in [0.05, 0.1) is 46.6 Å². The van der Waals surface area contributed by atoms with Crippen molar-refractivity contribution >= 4 is 205 Å². The van der Waals surface area contributed by atoms with E-state index >= 15 is 0 Å². The Bertz CT molecular complexity index is 1990. The molecule has 9 rings (SSSR count). The largest absolute Gasteiger partial charge is 0.136 e. The predicted molar refractivity (Wildman–Crippen MR) is 260 cm³/mol. The van der Waals surface area contributed by atoms with Gasteiger partial charge in [-0.1, -0.05) is 165 Å². The molecule has 2 aromatic heterocycles. The van der Waals surface area contributed by atoms with Crippen LogP contribution in [0.15, 0.2) is 100 Å². The summed E-state index contributed by atoms with van der Waals surface area (Å²) in [6, 6.07) is 9.34. The number of rotatable bonds is 4. The average Bonchev–Trinajstić information content (AvgIpc) is 3.90. The van der Waals surface area contributed by atoms with Gasteiger partial charge in [0.2, 0.25) is 0 Å². The Balaban J connectivity index is 0.905. The van der Waals surface area contributed by atoms with Crippen LogP contribution in [0.5, 0.6) is 0 Å². The minimum atomic E-state index is 1.33. The molecule has 0 N–H and O–H groups in total. The normalized spacial score (nSPS) is 22.4. The van der Waals surface area contributed by atoms with E-state index in [1.807, 2.05) is 187 Å². The fraction of sp³-hybridized carbons (Fsp3) is 0.176. The van der Waals surface area contributed by atoms with E-state index in [1.54, 1.807) is 0 Å². The third-order valence-electron chi connectivity index (χ3n) is 7.61. The molecule has 16 heteroatoms. The minimum Gasteiger partial charge on any atom is -0.136 e. The van der Waals surface area contributed by atoms with E-state index in [4.69, 9.17) is 0 Å². The van der Waals surface area contributed by atoms with Crippen molar-refractivity contribution in [2.45, 2.75) is 41.5 Å². The summed E-state index contributed by atoms with van der Waals surface area (Å²) in [5, 5.41) is 0. The van der Waals surface area contributed by atoms with Crippen molar-refractivity contribution < 1.29 is 0 Å². The van der Waals surface area contributed by atoms with Crippen LogP contribution in [0.1, 0.15) is 61.1 Å². The van der Waals surface area contributed by atoms with Crippen LogP contribution >= 0.6 is 187 Å². The van der Waals surface area contributed by atoms with E-state index in [0.717, 1.165) is 0 Å². The van der Waals surface area contributed by atoms with E-state index in [9.17, 15) is 0 Å². The maximum Gasteiger partial charge on any atom is 0.0717 e. The van der Waals surface area contributed by atoms with Crippen molar-refractivity contribution in [3.05, 3.63) is 120 Å². The van der Waals surface area contributed by atoms with Crippen molar-refractivity contribution in [2.75, 3.05) is 0 Å². The van der Waals surface area contributed by atoms with Gasteiger partial charge in [0.25, 0.3) is 0 Å². The topological polar surface area (TPSA) is 0 Å². The molecule has 0 saturated carbocycles. The van der Waals surface area contributed by atoms with Crippen LogP contribution in [0.2, 0.25) is 0 Å². The van der Waals surface area contributed by atoms with Crippen LogP contribution in [-0.2, 0) is 0 Å². The lowest BCUT2D eigenvalue weighted by Gasteiger charge is -2.07. The van der Waals surface area contributed by atoms with Gasteiger partial charge < -0.3 is 0 Å². The quantitative estimate of drug-likeness (QED) is 0.286. The van der Waals surface area contributed by atoms with Gasteiger partial charge in [-0.2, -0.15) is 0 Å². The number of hydrogen-bond donors (Lipinski definition) is 0. The molecule has 50 heavy (non-hydrogen) atoms. The van der Waals surface area contributed by atoms with Gasteiger partial charge in [0, 0.05) is 25.1 Å². The first-order chi connectivity index (χ1) is 24.1. The van der Waals surface area contributed by atoms with Gasteiger partial charge >= 0.3 is 0 Å². The molecule has 0 radical (unpaired) electrons. The van der Waals surface area contributed by atoms with Crippen LogP contribution in [0.3, 0.4) is 0 Å². The van der Waals surface area contributed by atoms with Gasteiger partial charge in [-0.15, -0.1) is 22.7 Å². The molecule has 7 aliphatic rings. The Morgan fingerprint density at radius 3 is 1.02 bits per heavy atom. The summed E-state index contributed by atoms with van der Waals surface area (Å²) in [6.07, 6.45) is 4.81. The molecule has 0 amide bonds. The summed E-state index contributed by atoms with van der Waals surface area (Å²) in [5.74, 6) is 0. The zero-order valence-corrected chi connectivity index (χ0v) is 40.1. The molecule has 0 unspecified atom stereocenters. The maximum atomic E-state index is 2.40. The summed E-state index contributed by atoms with van der Waals surface area (Å²) in [5.41, 5.74) is 1.39. The molecule has 0 atom stereocenters. The van der Waals surface area contributed by atoms with E-state index in [1.165, 1.54) is 101 Å². The first-order valence-electron chi connectivity index (χ1n) is 15.0. The second-order valence-corrected chi connectivity index (χ2v) is 31.8. The van der Waals surface area contributed by atoms with Crippen molar-refractivity contribution in [3.8, 4) is 0 Å². The minimum absolute atomic E-state index is 1.33. The molecule has 0 fully saturated rings. The standard InChI is InChI=1S/C34H24S16/c1-13-14(2)36-26(35-13)25(21-9-7-19(41-21)11-23-43-29-30(44-23)48-33(47-29)27-37-15(3)16(4)38-27)22-10-8-20(42-22)12-24-45-31-32(46-24)50-34(49-31)28-39-17(5)18(6)40-28/h7-12H,1-6H3. The summed E-state index contributed by atoms with van der Waals surface area (Å²) >= 11 is 31.2. The highest BCUT2D eigenvalue weighted by Gasteiger charge is 2.35. The van der Waals surface area contributed by atoms with Gasteiger partial charge in [-0.3, -0.25) is 0 Å². The van der Waals surface area contributed by atoms with Crippen LogP contribution in [0.25, 0.3) is 17.7 Å². The highest BCUT2D eigenvalue weighted by molar-refractivity contribution is 8.50. The van der Waals surface area contributed by atoms with Crippen molar-refractivity contribution in [1.29, 1.82) is 0 Å². The smallest absolute Gasteiger partial charge is 0.0717 e. The summed E-state index contributed by atoms with van der Waals surface area (Å²) in [4.78, 5) is 14.0. The zero-order valence-electron chi connectivity index (χ0n) is 27.0. The average molecular weight is 946 g/mol. The molecule has 0 saturated heterocycles. The summed E-state index contributed by atoms with van der Waals surface area (Å²) in [6.45, 7) is 13.5. The van der Waals surface area contributed by atoms with Gasteiger partial charge in [-0.25, -0.2) is 0 Å². The maximum absolute atomic E-state index is 2.40. The number of thiophene rings is 2. The number of allylic oxidation sites excluding steroid dienone is 6. The summed E-state index contributed by atoms with van der Waals surface area (Å²) < 4.78 is 15.8. The molecule has 2 aromatic rings. The first-order valence-corrected chi connectivity index (χ1v) is 28.1. The van der Waals surface area contributed by atoms with Crippen molar-refractivity contribution in [1.82, 2.24) is 0 Å². The lowest BCUT2D eigenvalue weighted by atomic mass is 10.2. The lowest BCUT2D eigenvalue weighted by molar-refractivity contribution is 1.57. The Labute approximate surface area is 361 Å². The number of thioether (sulfide) groups is 14. The Morgan fingerprint density at radius 1 is 0.360 bits per heavy atom. The van der Waals surface area contributed by atoms with E-state index in [-0.39, 0.29) is 0 Å². The monoisotopic (exact) mass is 944 g/mol. The van der Waals surface area contributed by atoms with Crippen LogP contribution in [-0.4, -0.2) is 0 Å². The predicted octanol–water partition coefficient (Wildman–Crippen LogP) is 18.7. The molecule has 0 nitrogen and oxygen atoms in total. The molecule has 9 heterocycles. The summed E-state index contributed by atoms with van der Waals surface area (Å²) in [7, 11) is 0. The molecular formula is C34H24S16. The second-order valence-electron chi connectivity index (χ2n) is 11.1. The second kappa shape index (κ2) is 15.6. The number of hydrogen-bond acceptors (Lipinski definition) is 16. The Hall–Kier alpha value is 1.70. The Kier molecular flexibility index (Phi) is 11.6. The van der Waals surface area contributed by atoms with E-state index in [2.05, 4.69) is 78.0 Å². The molecule has 256 valence electrons. The SMILES string of the molecule is CC1=C(C)SC(=C2SC3=C(SC(=Cc4ccc(C(=C5SC(C)=C(C)S5)c5ccc(C=C6SC7=C(S6)SC(=C6SC(C)=C(C)S6)S7)s5)s4)S3)S2)S1. The lowest BCUT2D eigenvalue weighted by Crippen LogP contribution is -1.82. The Morgan fingerprint density at radius 2 is 0.660 bits per heavy atom. The highest BCUT2D eigenvalue weighted by Crippen LogP contribution is 2.71. The fourth-order valence-electron chi connectivity index (χ4n) is 4.77. The van der Waals surface area contributed by atoms with Crippen molar-refractivity contribution in [2.24, 2.45) is 0 Å². The first kappa shape index (κ1) is 37.3. The molecule has 0 spiro atoms. The third-order valence-corrected chi connectivity index (χ3v) is 29.6. The fourth-order valence-corrected chi connectivity index (χ4v) is 28.3. The molecular weight excluding hydrogens is 921 g/mol. The molecule has 0 aliphatic carbocycles. The van der Waals surface area contributed by atoms with Crippen LogP contribution in [0, 0.1) is 0 Å². The third kappa shape index (κ3) is 7.70. The molecule has 0 bridgehead atoms. The molecule has 0 aromatic carbocycles. The zero-order chi connectivity index (χ0) is 34.3.